The van der Waals surface area contributed by atoms with Crippen LogP contribution < -0.4 is 5.32 Å². The minimum atomic E-state index is 0.214. The standard InChI is InChI=1S/C16H15N3O/c1-2-7-12-11(5-1)6-3-8-13(12)15-18-16(20-19-15)14-9-4-10-17-14/h1-3,5-8,14,17H,4,9-10H2/t14-/m1/s1. The van der Waals surface area contributed by atoms with Crippen molar-refractivity contribution < 1.29 is 4.52 Å². The van der Waals surface area contributed by atoms with E-state index in [0.29, 0.717) is 11.7 Å². The van der Waals surface area contributed by atoms with Crippen molar-refractivity contribution in [3.8, 4) is 11.4 Å². The summed E-state index contributed by atoms with van der Waals surface area (Å²) >= 11 is 0. The van der Waals surface area contributed by atoms with Gasteiger partial charge in [-0.15, -0.1) is 0 Å². The molecule has 4 nitrogen and oxygen atoms in total. The van der Waals surface area contributed by atoms with Crippen molar-refractivity contribution in [1.29, 1.82) is 0 Å². The summed E-state index contributed by atoms with van der Waals surface area (Å²) in [6.07, 6.45) is 2.23. The van der Waals surface area contributed by atoms with Crippen LogP contribution in [0.1, 0.15) is 24.8 Å². The summed E-state index contributed by atoms with van der Waals surface area (Å²) in [5.41, 5.74) is 1.02. The van der Waals surface area contributed by atoms with Gasteiger partial charge in [-0.05, 0) is 30.2 Å². The Morgan fingerprint density at radius 2 is 2.00 bits per heavy atom. The third-order valence-electron chi connectivity index (χ3n) is 3.83. The highest BCUT2D eigenvalue weighted by Gasteiger charge is 2.23. The fourth-order valence-electron chi connectivity index (χ4n) is 2.80. The van der Waals surface area contributed by atoms with E-state index in [4.69, 9.17) is 4.52 Å². The van der Waals surface area contributed by atoms with Gasteiger partial charge in [-0.1, -0.05) is 47.6 Å². The molecule has 0 saturated carbocycles. The normalized spacial score (nSPS) is 18.7. The molecule has 2 aromatic carbocycles. The maximum atomic E-state index is 5.43. The minimum Gasteiger partial charge on any atom is -0.337 e. The number of hydrogen-bond acceptors (Lipinski definition) is 4. The molecule has 0 aliphatic carbocycles. The molecule has 1 N–H and O–H groups in total. The Kier molecular flexibility index (Phi) is 2.74. The molecule has 1 aliphatic heterocycles. The second-order valence-corrected chi connectivity index (χ2v) is 5.13. The van der Waals surface area contributed by atoms with Crippen LogP contribution in [0.2, 0.25) is 0 Å². The first kappa shape index (κ1) is 11.6. The van der Waals surface area contributed by atoms with Crippen LogP contribution in [0.3, 0.4) is 0 Å². The van der Waals surface area contributed by atoms with E-state index in [1.807, 2.05) is 24.3 Å². The number of nitrogens with one attached hydrogen (secondary N) is 1. The van der Waals surface area contributed by atoms with E-state index in [1.54, 1.807) is 0 Å². The van der Waals surface area contributed by atoms with Crippen molar-refractivity contribution in [2.45, 2.75) is 18.9 Å². The van der Waals surface area contributed by atoms with E-state index in [1.165, 1.54) is 5.39 Å². The third-order valence-corrected chi connectivity index (χ3v) is 3.83. The fourth-order valence-corrected chi connectivity index (χ4v) is 2.80. The Hall–Kier alpha value is -2.20. The lowest BCUT2D eigenvalue weighted by atomic mass is 10.0. The van der Waals surface area contributed by atoms with Gasteiger partial charge in [0, 0.05) is 5.56 Å². The van der Waals surface area contributed by atoms with Crippen molar-refractivity contribution in [1.82, 2.24) is 15.5 Å². The summed E-state index contributed by atoms with van der Waals surface area (Å²) in [4.78, 5) is 4.57. The van der Waals surface area contributed by atoms with E-state index >= 15 is 0 Å². The maximum Gasteiger partial charge on any atom is 0.244 e. The molecular weight excluding hydrogens is 250 g/mol. The predicted octanol–water partition coefficient (Wildman–Crippen LogP) is 3.31. The van der Waals surface area contributed by atoms with Crippen LogP contribution in [0.4, 0.5) is 0 Å². The Morgan fingerprint density at radius 3 is 2.90 bits per heavy atom. The molecular formula is C16H15N3O. The lowest BCUT2D eigenvalue weighted by Gasteiger charge is -2.02. The fraction of sp³-hybridized carbons (Fsp3) is 0.250. The number of aromatic nitrogens is 2. The van der Waals surface area contributed by atoms with Gasteiger partial charge in [0.15, 0.2) is 0 Å². The van der Waals surface area contributed by atoms with Gasteiger partial charge in [-0.3, -0.25) is 0 Å². The highest BCUT2D eigenvalue weighted by atomic mass is 16.5. The number of hydrogen-bond donors (Lipinski definition) is 1. The summed E-state index contributed by atoms with van der Waals surface area (Å²) in [5, 5.41) is 9.88. The number of nitrogens with zero attached hydrogens (tertiary/aromatic N) is 2. The quantitative estimate of drug-likeness (QED) is 0.772. The first-order chi connectivity index (χ1) is 9.92. The van der Waals surface area contributed by atoms with Crippen LogP contribution in [0.5, 0.6) is 0 Å². The van der Waals surface area contributed by atoms with Crippen LogP contribution in [0.25, 0.3) is 22.2 Å². The Morgan fingerprint density at radius 1 is 1.10 bits per heavy atom. The SMILES string of the molecule is c1ccc2c(-c3noc([C@H]4CCCN4)n3)cccc2c1. The smallest absolute Gasteiger partial charge is 0.244 e. The number of fused-ring (bicyclic) bond motifs is 1. The van der Waals surface area contributed by atoms with E-state index in [2.05, 4.69) is 33.7 Å². The molecule has 0 bridgehead atoms. The Balaban J connectivity index is 1.79. The second-order valence-electron chi connectivity index (χ2n) is 5.13. The largest absolute Gasteiger partial charge is 0.337 e. The molecule has 0 amide bonds. The zero-order valence-corrected chi connectivity index (χ0v) is 11.0. The van der Waals surface area contributed by atoms with Crippen molar-refractivity contribution in [2.75, 3.05) is 6.54 Å². The van der Waals surface area contributed by atoms with Gasteiger partial charge in [-0.2, -0.15) is 4.98 Å². The van der Waals surface area contributed by atoms with Gasteiger partial charge in [-0.25, -0.2) is 0 Å². The zero-order chi connectivity index (χ0) is 13.4. The van der Waals surface area contributed by atoms with Crippen molar-refractivity contribution in [2.24, 2.45) is 0 Å². The average molecular weight is 265 g/mol. The summed E-state index contributed by atoms with van der Waals surface area (Å²) < 4.78 is 5.43. The highest BCUT2D eigenvalue weighted by Crippen LogP contribution is 2.28. The summed E-state index contributed by atoms with van der Waals surface area (Å²) in [5.74, 6) is 1.37. The van der Waals surface area contributed by atoms with Gasteiger partial charge in [0.1, 0.15) is 0 Å². The summed E-state index contributed by atoms with van der Waals surface area (Å²) in [6.45, 7) is 1.02. The maximum absolute atomic E-state index is 5.43. The van der Waals surface area contributed by atoms with E-state index in [0.717, 1.165) is 30.3 Å². The molecule has 100 valence electrons. The average Bonchev–Trinajstić information content (AvgIpc) is 3.17. The van der Waals surface area contributed by atoms with E-state index in [9.17, 15) is 0 Å². The lowest BCUT2D eigenvalue weighted by Crippen LogP contribution is -2.12. The molecule has 4 heteroatoms. The first-order valence-electron chi connectivity index (χ1n) is 6.97. The van der Waals surface area contributed by atoms with Gasteiger partial charge in [0.2, 0.25) is 11.7 Å². The molecule has 1 aliphatic rings. The van der Waals surface area contributed by atoms with Crippen LogP contribution in [0.15, 0.2) is 47.0 Å². The molecule has 3 aromatic rings. The van der Waals surface area contributed by atoms with E-state index < -0.39 is 0 Å². The van der Waals surface area contributed by atoms with E-state index in [-0.39, 0.29) is 6.04 Å². The first-order valence-corrected chi connectivity index (χ1v) is 6.97. The van der Waals surface area contributed by atoms with Crippen molar-refractivity contribution >= 4 is 10.8 Å². The van der Waals surface area contributed by atoms with Crippen LogP contribution in [0, 0.1) is 0 Å². The van der Waals surface area contributed by atoms with Crippen molar-refractivity contribution in [3.05, 3.63) is 48.4 Å². The third kappa shape index (κ3) is 1.89. The lowest BCUT2D eigenvalue weighted by molar-refractivity contribution is 0.345. The monoisotopic (exact) mass is 265 g/mol. The highest BCUT2D eigenvalue weighted by molar-refractivity contribution is 5.94. The Bertz CT molecular complexity index is 739. The molecule has 0 unspecified atom stereocenters. The molecule has 1 atom stereocenters. The van der Waals surface area contributed by atoms with Gasteiger partial charge >= 0.3 is 0 Å². The van der Waals surface area contributed by atoms with Crippen LogP contribution in [-0.2, 0) is 0 Å². The van der Waals surface area contributed by atoms with Gasteiger partial charge in [0.05, 0.1) is 6.04 Å². The molecule has 1 saturated heterocycles. The molecule has 0 radical (unpaired) electrons. The topological polar surface area (TPSA) is 51.0 Å². The second kappa shape index (κ2) is 4.72. The molecule has 2 heterocycles. The molecule has 1 fully saturated rings. The number of benzene rings is 2. The number of rotatable bonds is 2. The molecule has 1 aromatic heterocycles. The van der Waals surface area contributed by atoms with Crippen LogP contribution >= 0.6 is 0 Å². The molecule has 0 spiro atoms. The minimum absolute atomic E-state index is 0.214. The van der Waals surface area contributed by atoms with Gasteiger partial charge < -0.3 is 9.84 Å². The van der Waals surface area contributed by atoms with Crippen LogP contribution in [-0.4, -0.2) is 16.7 Å². The Labute approximate surface area is 116 Å². The molecule has 4 rings (SSSR count). The summed E-state index contributed by atoms with van der Waals surface area (Å²) in [7, 11) is 0. The zero-order valence-electron chi connectivity index (χ0n) is 11.0. The molecule has 20 heavy (non-hydrogen) atoms. The summed E-state index contributed by atoms with van der Waals surface area (Å²) in [6, 6.07) is 14.6. The van der Waals surface area contributed by atoms with Gasteiger partial charge in [0.25, 0.3) is 0 Å². The predicted molar refractivity (Wildman–Crippen MR) is 77.2 cm³/mol. The van der Waals surface area contributed by atoms with Crippen molar-refractivity contribution in [3.63, 3.8) is 0 Å².